The number of nitrogens with zero attached hydrogens (tertiary/aromatic N) is 12. The highest BCUT2D eigenvalue weighted by molar-refractivity contribution is 6.44. The van der Waals surface area contributed by atoms with Gasteiger partial charge in [0.15, 0.2) is 11.6 Å². The molecule has 0 amide bonds. The average Bonchev–Trinajstić information content (AvgIpc) is 1.72. The van der Waals surface area contributed by atoms with Gasteiger partial charge >= 0.3 is 0 Å². The third-order valence-electron chi connectivity index (χ3n) is 23.3. The molecule has 4 aromatic carbocycles. The van der Waals surface area contributed by atoms with Crippen molar-refractivity contribution in [1.82, 2.24) is 38.2 Å². The minimum Gasteiger partial charge on any atom is -0.381 e. The SMILES string of the molecule is CCC1(C)CCN(c2cc(=O)n(-c3cccc(Cl)c3Cl)c(C(F)F)n2)CC1.CCC1(C)CCN(c2nc(C)n(-c3cccc(Cl)c3Cl)c(=O)c2C)CC1.C[C@H]1OCC2(CCN(c3cc(=O)n(-c4cccc(Cl)c4Cl)c(C(F)F)n3)CC2)[C@H]1N.Cc1nc(N2C[C@H]3COCC[C@@]3(CN)C2)cc(=O)n1-c1cccc(Cl)c1Cl. The van der Waals surface area contributed by atoms with Gasteiger partial charge in [-0.05, 0) is 132 Å². The van der Waals surface area contributed by atoms with E-state index in [9.17, 15) is 36.7 Å². The second-order valence-electron chi connectivity index (χ2n) is 29.9. The minimum atomic E-state index is -2.97. The summed E-state index contributed by atoms with van der Waals surface area (Å²) in [6.07, 6.45) is 2.86. The molecule has 6 aliphatic heterocycles. The van der Waals surface area contributed by atoms with E-state index in [1.54, 1.807) is 60.0 Å². The van der Waals surface area contributed by atoms with Crippen LogP contribution in [0.3, 0.4) is 0 Å². The van der Waals surface area contributed by atoms with Crippen molar-refractivity contribution >= 4 is 116 Å². The van der Waals surface area contributed by atoms with Crippen LogP contribution in [-0.4, -0.2) is 129 Å². The van der Waals surface area contributed by atoms with Crippen LogP contribution in [0.4, 0.5) is 40.8 Å². The number of nitrogens with two attached hydrogens (primary N) is 2. The van der Waals surface area contributed by atoms with Crippen molar-refractivity contribution in [3.63, 3.8) is 0 Å². The van der Waals surface area contributed by atoms with E-state index in [0.29, 0.717) is 112 Å². The molecule has 592 valence electrons. The number of rotatable bonds is 13. The molecule has 10 heterocycles. The largest absolute Gasteiger partial charge is 0.381 e. The number of aryl methyl sites for hydroxylation is 2. The van der Waals surface area contributed by atoms with E-state index in [1.165, 1.54) is 53.5 Å². The highest BCUT2D eigenvalue weighted by atomic mass is 35.5. The molecule has 32 heteroatoms. The lowest BCUT2D eigenvalue weighted by molar-refractivity contribution is -0.0102. The van der Waals surface area contributed by atoms with Gasteiger partial charge in [0.25, 0.3) is 35.1 Å². The Balaban J connectivity index is 0.000000146. The molecule has 0 unspecified atom stereocenters. The Labute approximate surface area is 676 Å². The van der Waals surface area contributed by atoms with Crippen LogP contribution in [0.5, 0.6) is 0 Å². The molecule has 0 radical (unpaired) electrons. The highest BCUT2D eigenvalue weighted by Gasteiger charge is 2.49. The van der Waals surface area contributed by atoms with Crippen LogP contribution in [0, 0.1) is 48.3 Å². The summed E-state index contributed by atoms with van der Waals surface area (Å²) in [6, 6.07) is 23.6. The summed E-state index contributed by atoms with van der Waals surface area (Å²) in [6.45, 7) is 25.0. The Morgan fingerprint density at radius 1 is 0.527 bits per heavy atom. The predicted molar refractivity (Wildman–Crippen MR) is 433 cm³/mol. The summed E-state index contributed by atoms with van der Waals surface area (Å²) in [5.41, 5.74) is 13.4. The Bertz CT molecular complexity index is 4930. The van der Waals surface area contributed by atoms with Crippen LogP contribution in [0.25, 0.3) is 22.7 Å². The first-order valence-electron chi connectivity index (χ1n) is 36.7. The number of hydrogen-bond acceptors (Lipinski definition) is 16. The molecule has 4 atom stereocenters. The van der Waals surface area contributed by atoms with Gasteiger partial charge in [-0.2, -0.15) is 0 Å². The van der Waals surface area contributed by atoms with E-state index in [4.69, 9.17) is 124 Å². The van der Waals surface area contributed by atoms with E-state index >= 15 is 0 Å². The van der Waals surface area contributed by atoms with Crippen molar-refractivity contribution in [2.24, 2.45) is 39.0 Å². The van der Waals surface area contributed by atoms with Crippen molar-refractivity contribution in [3.05, 3.63) is 201 Å². The molecule has 1 spiro atoms. The molecule has 20 nitrogen and oxygen atoms in total. The summed E-state index contributed by atoms with van der Waals surface area (Å²) >= 11 is 49.1. The van der Waals surface area contributed by atoms with Gasteiger partial charge in [0, 0.05) is 106 Å². The van der Waals surface area contributed by atoms with E-state index in [-0.39, 0.29) is 82.6 Å². The molecule has 6 aliphatic rings. The summed E-state index contributed by atoms with van der Waals surface area (Å²) in [5, 5.41) is 1.92. The fourth-order valence-electron chi connectivity index (χ4n) is 15.5. The quantitative estimate of drug-likeness (QED) is 0.102. The van der Waals surface area contributed by atoms with E-state index in [1.807, 2.05) is 30.6 Å². The van der Waals surface area contributed by atoms with Gasteiger partial charge in [-0.25, -0.2) is 37.5 Å². The van der Waals surface area contributed by atoms with Crippen LogP contribution in [0.15, 0.2) is 110 Å². The topological polar surface area (TPSA) is 223 Å². The monoisotopic (exact) mass is 1670 g/mol. The number of ether oxygens (including phenoxy) is 2. The van der Waals surface area contributed by atoms with E-state index in [2.05, 4.69) is 47.5 Å². The Kier molecular flexibility index (Phi) is 26.9. The highest BCUT2D eigenvalue weighted by Crippen LogP contribution is 2.45. The van der Waals surface area contributed by atoms with Gasteiger partial charge in [0.05, 0.1) is 87.8 Å². The lowest BCUT2D eigenvalue weighted by atomic mass is 9.73. The third-order valence-corrected chi connectivity index (χ3v) is 26.5. The zero-order valence-corrected chi connectivity index (χ0v) is 68.5. The van der Waals surface area contributed by atoms with Crippen LogP contribution >= 0.6 is 92.8 Å². The maximum atomic E-state index is 13.9. The van der Waals surface area contributed by atoms with Crippen LogP contribution in [0.1, 0.15) is 134 Å². The first-order valence-corrected chi connectivity index (χ1v) is 39.7. The maximum Gasteiger partial charge on any atom is 0.296 e. The standard InChI is InChI=1S/C20H22Cl2F2N4O2.C20H25Cl2N3O.C19H21Cl2F2N3O.C19H22Cl2N4O2/c1-11-17(25)20(10-30-11)5-7-27(8-6-20)14-9-15(29)28(19(26-14)18(23)24)13-4-2-3-12(21)16(13)22;1-5-20(4)9-11-24(12-10-20)18-13(2)19(26)25(14(3)23-18)16-8-6-7-15(21)17(16)22;1-3-19(2)7-9-25(10-8-19)14-11-15(27)26(18(24-14)17(22)23)13-6-4-5-12(20)16(13)21;1-12-23-16(24-8-13-9-27-6-5-19(13,10-22)11-24)7-17(26)25(12)15-4-2-3-14(20)18(15)21/h2-4,9,11,17-18H,5-8,10,25H2,1H3;6-8H,5,9-12H2,1-4H3;4-6,11,17H,3,7-10H2,1-2H3;2-4,7,13H,5-6,8-11,22H2,1H3/t11-,17+;;;13-,19+/m1..0/s1. The zero-order chi connectivity index (χ0) is 79.6. The molecule has 4 aromatic heterocycles. The first kappa shape index (κ1) is 84.4. The molecule has 14 rings (SSSR count). The second-order valence-corrected chi connectivity index (χ2v) is 33.1. The molecule has 0 bridgehead atoms. The molecular weight excluding hydrogens is 1590 g/mol. The normalized spacial score (nSPS) is 20.6. The Morgan fingerprint density at radius 3 is 1.31 bits per heavy atom. The molecule has 0 aliphatic carbocycles. The van der Waals surface area contributed by atoms with Gasteiger partial charge in [-0.1, -0.05) is 158 Å². The number of anilines is 4. The summed E-state index contributed by atoms with van der Waals surface area (Å²) in [5.74, 6) is 2.21. The number of halogens is 12. The van der Waals surface area contributed by atoms with Gasteiger partial charge < -0.3 is 40.5 Å². The van der Waals surface area contributed by atoms with Crippen LogP contribution in [-0.2, 0) is 9.47 Å². The summed E-state index contributed by atoms with van der Waals surface area (Å²) in [7, 11) is 0. The van der Waals surface area contributed by atoms with Crippen molar-refractivity contribution < 1.29 is 27.0 Å². The fraction of sp³-hybridized carbons (Fsp3) is 0.487. The first-order chi connectivity index (χ1) is 52.2. The van der Waals surface area contributed by atoms with Crippen LogP contribution < -0.4 is 53.3 Å². The zero-order valence-electron chi connectivity index (χ0n) is 62.4. The van der Waals surface area contributed by atoms with Gasteiger partial charge in [0.1, 0.15) is 34.9 Å². The Hall–Kier alpha value is -6.52. The van der Waals surface area contributed by atoms with Crippen molar-refractivity contribution in [2.75, 3.05) is 98.3 Å². The average molecular weight is 1680 g/mol. The number of piperidine rings is 3. The number of alkyl halides is 4. The smallest absolute Gasteiger partial charge is 0.296 e. The Morgan fingerprint density at radius 2 is 0.918 bits per heavy atom. The summed E-state index contributed by atoms with van der Waals surface area (Å²) < 4.78 is 71.2. The van der Waals surface area contributed by atoms with Gasteiger partial charge in [-0.3, -0.25) is 37.4 Å². The number of fused-ring (bicyclic) bond motifs is 1. The molecule has 110 heavy (non-hydrogen) atoms. The molecule has 8 aromatic rings. The maximum absolute atomic E-state index is 13.9. The molecular formula is C78H90Cl8F4N14O6. The van der Waals surface area contributed by atoms with E-state index in [0.717, 1.165) is 99.1 Å². The van der Waals surface area contributed by atoms with Gasteiger partial charge in [-0.15, -0.1) is 0 Å². The number of benzene rings is 4. The number of aromatic nitrogens is 8. The van der Waals surface area contributed by atoms with Crippen LogP contribution in [0.2, 0.25) is 40.2 Å². The number of hydrogen-bond donors (Lipinski definition) is 2. The summed E-state index contributed by atoms with van der Waals surface area (Å²) in [4.78, 5) is 77.4. The lowest BCUT2D eigenvalue weighted by Crippen LogP contribution is -2.51. The lowest BCUT2D eigenvalue weighted by Gasteiger charge is -2.41. The van der Waals surface area contributed by atoms with Crippen molar-refractivity contribution in [1.29, 1.82) is 0 Å². The molecule has 6 saturated heterocycles. The predicted octanol–water partition coefficient (Wildman–Crippen LogP) is 17.1. The fourth-order valence-corrected chi connectivity index (χ4v) is 17.0. The molecule has 4 N–H and O–H groups in total. The van der Waals surface area contributed by atoms with E-state index < -0.39 is 35.6 Å². The van der Waals surface area contributed by atoms with Gasteiger partial charge in [0.2, 0.25) is 0 Å². The third kappa shape index (κ3) is 17.6. The molecule has 0 saturated carbocycles. The molecule has 6 fully saturated rings. The minimum absolute atomic E-state index is 0.00789. The van der Waals surface area contributed by atoms with Crippen molar-refractivity contribution in [2.45, 2.75) is 138 Å². The second kappa shape index (κ2) is 35.1. The van der Waals surface area contributed by atoms with Crippen molar-refractivity contribution in [3.8, 4) is 22.7 Å².